The van der Waals surface area contributed by atoms with Crippen LogP contribution in [0, 0.1) is 0 Å². The molecule has 0 amide bonds. The summed E-state index contributed by atoms with van der Waals surface area (Å²) in [5.41, 5.74) is 1.07. The molecule has 0 fully saturated rings. The number of carbonyl (C=O) groups is 2. The lowest BCUT2D eigenvalue weighted by Crippen LogP contribution is -2.17. The number of benzene rings is 1. The van der Waals surface area contributed by atoms with Gasteiger partial charge in [0.25, 0.3) is 5.78 Å². The van der Waals surface area contributed by atoms with E-state index >= 15 is 0 Å². The lowest BCUT2D eigenvalue weighted by Gasteiger charge is -2.01. The minimum atomic E-state index is -0.865. The molecule has 2 rings (SSSR count). The molecule has 5 nitrogen and oxygen atoms in total. The summed E-state index contributed by atoms with van der Waals surface area (Å²) < 4.78 is 7.30. The van der Waals surface area contributed by atoms with Crippen LogP contribution >= 0.6 is 15.9 Å². The van der Waals surface area contributed by atoms with Crippen LogP contribution in [0.5, 0.6) is 0 Å². The number of Topliss-reactive ketones (excluding diaryl/α,β-unsaturated/α-hetero) is 1. The summed E-state index contributed by atoms with van der Waals surface area (Å²) in [6.07, 6.45) is 1.58. The summed E-state index contributed by atoms with van der Waals surface area (Å²) in [6, 6.07) is 5.45. The number of esters is 1. The summed E-state index contributed by atoms with van der Waals surface area (Å²) in [4.78, 5) is 23.7. The highest BCUT2D eigenvalue weighted by molar-refractivity contribution is 9.10. The first-order valence-corrected chi connectivity index (χ1v) is 6.98. The van der Waals surface area contributed by atoms with Gasteiger partial charge in [-0.05, 0) is 25.1 Å². The van der Waals surface area contributed by atoms with Crippen molar-refractivity contribution in [2.75, 3.05) is 13.2 Å². The molecule has 0 aliphatic rings. The zero-order chi connectivity index (χ0) is 14.7. The minimum absolute atomic E-state index is 0.0487. The van der Waals surface area contributed by atoms with Crippen LogP contribution in [-0.4, -0.2) is 34.6 Å². The van der Waals surface area contributed by atoms with Crippen LogP contribution < -0.4 is 0 Å². The van der Waals surface area contributed by atoms with Crippen molar-refractivity contribution in [3.05, 3.63) is 34.4 Å². The standard InChI is InChI=1S/C14H14BrNO4/c1-2-20-14(19)13(18)11-8-16(5-6-17)12-4-3-9(15)7-10(11)12/h3-4,7-8,17H,2,5-6H2,1H3. The van der Waals surface area contributed by atoms with Crippen molar-refractivity contribution in [3.8, 4) is 0 Å². The van der Waals surface area contributed by atoms with E-state index in [-0.39, 0.29) is 18.8 Å². The number of ether oxygens (including phenoxy) is 1. The largest absolute Gasteiger partial charge is 0.460 e. The third-order valence-corrected chi connectivity index (χ3v) is 3.38. The number of aliphatic hydroxyl groups is 1. The number of aliphatic hydroxyl groups excluding tert-OH is 1. The van der Waals surface area contributed by atoms with Gasteiger partial charge in [0.05, 0.1) is 18.8 Å². The summed E-state index contributed by atoms with van der Waals surface area (Å²) in [6.45, 7) is 2.11. The third kappa shape index (κ3) is 2.76. The topological polar surface area (TPSA) is 68.5 Å². The maximum atomic E-state index is 12.1. The van der Waals surface area contributed by atoms with Crippen LogP contribution in [0.15, 0.2) is 28.9 Å². The van der Waals surface area contributed by atoms with Gasteiger partial charge in [-0.2, -0.15) is 0 Å². The van der Waals surface area contributed by atoms with Crippen molar-refractivity contribution in [3.63, 3.8) is 0 Å². The third-order valence-electron chi connectivity index (χ3n) is 2.89. The molecule has 0 atom stereocenters. The molecule has 20 heavy (non-hydrogen) atoms. The SMILES string of the molecule is CCOC(=O)C(=O)c1cn(CCO)c2ccc(Br)cc12. The Morgan fingerprint density at radius 2 is 2.15 bits per heavy atom. The second-order valence-corrected chi connectivity index (χ2v) is 5.09. The molecule has 6 heteroatoms. The van der Waals surface area contributed by atoms with E-state index in [4.69, 9.17) is 9.84 Å². The molecule has 1 aromatic carbocycles. The van der Waals surface area contributed by atoms with Crippen molar-refractivity contribution in [1.82, 2.24) is 4.57 Å². The second kappa shape index (κ2) is 6.19. The van der Waals surface area contributed by atoms with Crippen LogP contribution in [0.3, 0.4) is 0 Å². The number of fused-ring (bicyclic) bond motifs is 1. The number of ketones is 1. The van der Waals surface area contributed by atoms with Crippen LogP contribution in [0.2, 0.25) is 0 Å². The van der Waals surface area contributed by atoms with Gasteiger partial charge in [-0.1, -0.05) is 15.9 Å². The lowest BCUT2D eigenvalue weighted by molar-refractivity contribution is -0.137. The lowest BCUT2D eigenvalue weighted by atomic mass is 10.1. The van der Waals surface area contributed by atoms with E-state index in [1.54, 1.807) is 23.8 Å². The Morgan fingerprint density at radius 3 is 2.80 bits per heavy atom. The fourth-order valence-electron chi connectivity index (χ4n) is 2.05. The number of carbonyl (C=O) groups excluding carboxylic acids is 2. The molecule has 1 N–H and O–H groups in total. The molecule has 106 valence electrons. The predicted octanol–water partition coefficient (Wildman–Crippen LogP) is 2.14. The van der Waals surface area contributed by atoms with E-state index in [0.29, 0.717) is 11.9 Å². The molecule has 0 unspecified atom stereocenters. The first-order chi connectivity index (χ1) is 9.58. The number of rotatable bonds is 5. The van der Waals surface area contributed by atoms with E-state index < -0.39 is 11.8 Å². The Balaban J connectivity index is 2.54. The van der Waals surface area contributed by atoms with Crippen LogP contribution in [0.25, 0.3) is 10.9 Å². The number of hydrogen-bond donors (Lipinski definition) is 1. The van der Waals surface area contributed by atoms with Crippen molar-refractivity contribution in [2.24, 2.45) is 0 Å². The van der Waals surface area contributed by atoms with Crippen molar-refractivity contribution >= 4 is 38.6 Å². The Labute approximate surface area is 124 Å². The monoisotopic (exact) mass is 339 g/mol. The zero-order valence-corrected chi connectivity index (χ0v) is 12.5. The molecule has 0 radical (unpaired) electrons. The van der Waals surface area contributed by atoms with Gasteiger partial charge in [0.15, 0.2) is 0 Å². The van der Waals surface area contributed by atoms with E-state index in [1.807, 2.05) is 12.1 Å². The average Bonchev–Trinajstić information content (AvgIpc) is 2.77. The van der Waals surface area contributed by atoms with Gasteiger partial charge in [0, 0.05) is 28.1 Å². The maximum Gasteiger partial charge on any atom is 0.379 e. The number of aromatic nitrogens is 1. The van der Waals surface area contributed by atoms with Crippen molar-refractivity contribution < 1.29 is 19.4 Å². The highest BCUT2D eigenvalue weighted by Crippen LogP contribution is 2.26. The van der Waals surface area contributed by atoms with E-state index in [9.17, 15) is 9.59 Å². The minimum Gasteiger partial charge on any atom is -0.460 e. The Morgan fingerprint density at radius 1 is 1.40 bits per heavy atom. The van der Waals surface area contributed by atoms with Gasteiger partial charge in [0.2, 0.25) is 0 Å². The summed E-state index contributed by atoms with van der Waals surface area (Å²) in [7, 11) is 0. The molecule has 0 aliphatic carbocycles. The first kappa shape index (κ1) is 14.7. The molecule has 2 aromatic rings. The van der Waals surface area contributed by atoms with E-state index in [0.717, 1.165) is 9.99 Å². The highest BCUT2D eigenvalue weighted by atomic mass is 79.9. The second-order valence-electron chi connectivity index (χ2n) is 4.17. The van der Waals surface area contributed by atoms with Gasteiger partial charge < -0.3 is 14.4 Å². The highest BCUT2D eigenvalue weighted by Gasteiger charge is 2.22. The van der Waals surface area contributed by atoms with Crippen LogP contribution in [0.4, 0.5) is 0 Å². The summed E-state index contributed by atoms with van der Waals surface area (Å²) in [5.74, 6) is -1.54. The fraction of sp³-hybridized carbons (Fsp3) is 0.286. The molecule has 1 aromatic heterocycles. The predicted molar refractivity (Wildman–Crippen MR) is 77.7 cm³/mol. The molecule has 1 heterocycles. The van der Waals surface area contributed by atoms with Crippen molar-refractivity contribution in [1.29, 1.82) is 0 Å². The average molecular weight is 340 g/mol. The van der Waals surface area contributed by atoms with Gasteiger partial charge in [-0.25, -0.2) is 4.79 Å². The Bertz CT molecular complexity index is 662. The molecule has 0 saturated carbocycles. The quantitative estimate of drug-likeness (QED) is 0.514. The van der Waals surface area contributed by atoms with Gasteiger partial charge in [0.1, 0.15) is 0 Å². The molecule has 0 bridgehead atoms. The van der Waals surface area contributed by atoms with Gasteiger partial charge in [-0.15, -0.1) is 0 Å². The maximum absolute atomic E-state index is 12.1. The normalized spacial score (nSPS) is 10.8. The molecule has 0 aliphatic heterocycles. The summed E-state index contributed by atoms with van der Waals surface area (Å²) in [5, 5.41) is 9.73. The molecular formula is C14H14BrNO4. The number of hydrogen-bond acceptors (Lipinski definition) is 4. The molecule has 0 saturated heterocycles. The smallest absolute Gasteiger partial charge is 0.379 e. The van der Waals surface area contributed by atoms with E-state index in [1.165, 1.54) is 0 Å². The fourth-order valence-corrected chi connectivity index (χ4v) is 2.41. The molecular weight excluding hydrogens is 326 g/mol. The summed E-state index contributed by atoms with van der Waals surface area (Å²) >= 11 is 3.35. The van der Waals surface area contributed by atoms with Crippen LogP contribution in [-0.2, 0) is 16.1 Å². The van der Waals surface area contributed by atoms with Crippen molar-refractivity contribution in [2.45, 2.75) is 13.5 Å². The van der Waals surface area contributed by atoms with Gasteiger partial charge >= 0.3 is 5.97 Å². The Kier molecular flexibility index (Phi) is 4.57. The van der Waals surface area contributed by atoms with Gasteiger partial charge in [-0.3, -0.25) is 4.79 Å². The zero-order valence-electron chi connectivity index (χ0n) is 10.9. The molecule has 0 spiro atoms. The Hall–Kier alpha value is -1.66. The first-order valence-electron chi connectivity index (χ1n) is 6.19. The van der Waals surface area contributed by atoms with E-state index in [2.05, 4.69) is 15.9 Å². The van der Waals surface area contributed by atoms with Crippen LogP contribution in [0.1, 0.15) is 17.3 Å². The number of nitrogens with zero attached hydrogens (tertiary/aromatic N) is 1. The number of halogens is 1.